The summed E-state index contributed by atoms with van der Waals surface area (Å²) in [6.07, 6.45) is 0. The summed E-state index contributed by atoms with van der Waals surface area (Å²) < 4.78 is 0. The van der Waals surface area contributed by atoms with Crippen LogP contribution >= 0.6 is 0 Å². The monoisotopic (exact) mass is 261 g/mol. The Hall–Kier alpha value is -1.95. The first-order valence-corrected chi connectivity index (χ1v) is 6.34. The Kier molecular flexibility index (Phi) is 2.74. The van der Waals surface area contributed by atoms with E-state index in [-0.39, 0.29) is 17.6 Å². The lowest BCUT2D eigenvalue weighted by Gasteiger charge is -2.08. The third kappa shape index (κ3) is 2.19. The van der Waals surface area contributed by atoms with Gasteiger partial charge in [0.25, 0.3) is 11.6 Å². The Labute approximate surface area is 110 Å². The van der Waals surface area contributed by atoms with E-state index in [2.05, 4.69) is 10.6 Å². The van der Waals surface area contributed by atoms with E-state index in [9.17, 15) is 14.9 Å². The van der Waals surface area contributed by atoms with Crippen LogP contribution in [0.1, 0.15) is 15.9 Å². The fourth-order valence-electron chi connectivity index (χ4n) is 2.87. The van der Waals surface area contributed by atoms with Gasteiger partial charge in [-0.25, -0.2) is 0 Å². The smallest absolute Gasteiger partial charge is 0.270 e. The molecule has 100 valence electrons. The SMILES string of the molecule is Cc1cc(C(=O)NC2C3CNCC32)cc([N+](=O)[O-])c1. The van der Waals surface area contributed by atoms with Crippen LogP contribution in [0.3, 0.4) is 0 Å². The van der Waals surface area contributed by atoms with Gasteiger partial charge in [-0.1, -0.05) is 0 Å². The predicted molar refractivity (Wildman–Crippen MR) is 68.9 cm³/mol. The minimum absolute atomic E-state index is 0.0391. The molecule has 2 unspecified atom stereocenters. The molecule has 1 aliphatic heterocycles. The maximum atomic E-state index is 12.1. The lowest BCUT2D eigenvalue weighted by atomic mass is 10.1. The number of non-ortho nitro benzene ring substituents is 1. The summed E-state index contributed by atoms with van der Waals surface area (Å²) >= 11 is 0. The van der Waals surface area contributed by atoms with E-state index in [4.69, 9.17) is 0 Å². The first kappa shape index (κ1) is 12.1. The summed E-state index contributed by atoms with van der Waals surface area (Å²) in [5.74, 6) is 0.846. The van der Waals surface area contributed by atoms with Gasteiger partial charge in [0, 0.05) is 36.8 Å². The van der Waals surface area contributed by atoms with Crippen molar-refractivity contribution in [1.82, 2.24) is 10.6 Å². The van der Waals surface area contributed by atoms with Crippen molar-refractivity contribution in [2.75, 3.05) is 13.1 Å². The van der Waals surface area contributed by atoms with Crippen molar-refractivity contribution >= 4 is 11.6 Å². The molecular formula is C13H15N3O3. The van der Waals surface area contributed by atoms with Crippen LogP contribution in [0.25, 0.3) is 0 Å². The Morgan fingerprint density at radius 2 is 2.05 bits per heavy atom. The van der Waals surface area contributed by atoms with Crippen molar-refractivity contribution in [2.45, 2.75) is 13.0 Å². The van der Waals surface area contributed by atoms with Gasteiger partial charge >= 0.3 is 0 Å². The number of rotatable bonds is 3. The maximum absolute atomic E-state index is 12.1. The van der Waals surface area contributed by atoms with Crippen molar-refractivity contribution in [3.8, 4) is 0 Å². The Morgan fingerprint density at radius 3 is 2.68 bits per heavy atom. The number of piperidine rings is 1. The molecule has 1 amide bonds. The summed E-state index contributed by atoms with van der Waals surface area (Å²) in [6, 6.07) is 4.71. The number of nitro benzene ring substituents is 1. The highest BCUT2D eigenvalue weighted by Gasteiger charge is 2.53. The van der Waals surface area contributed by atoms with Crippen molar-refractivity contribution in [2.24, 2.45) is 11.8 Å². The molecule has 2 N–H and O–H groups in total. The fraction of sp³-hybridized carbons (Fsp3) is 0.462. The molecule has 1 aliphatic carbocycles. The predicted octanol–water partition coefficient (Wildman–Crippen LogP) is 0.851. The lowest BCUT2D eigenvalue weighted by molar-refractivity contribution is -0.384. The first-order chi connectivity index (χ1) is 9.06. The summed E-state index contributed by atoms with van der Waals surface area (Å²) in [5, 5.41) is 17.0. The number of hydrogen-bond donors (Lipinski definition) is 2. The minimum atomic E-state index is -0.473. The Morgan fingerprint density at radius 1 is 1.37 bits per heavy atom. The molecule has 2 aliphatic rings. The fourth-order valence-corrected chi connectivity index (χ4v) is 2.87. The van der Waals surface area contributed by atoms with Gasteiger partial charge in [0.2, 0.25) is 0 Å². The van der Waals surface area contributed by atoms with Crippen molar-refractivity contribution < 1.29 is 9.72 Å². The molecule has 3 rings (SSSR count). The topological polar surface area (TPSA) is 84.3 Å². The van der Waals surface area contributed by atoms with E-state index < -0.39 is 4.92 Å². The summed E-state index contributed by atoms with van der Waals surface area (Å²) in [6.45, 7) is 3.65. The van der Waals surface area contributed by atoms with Crippen LogP contribution in [0.4, 0.5) is 5.69 Å². The van der Waals surface area contributed by atoms with Crippen LogP contribution in [-0.4, -0.2) is 30.0 Å². The molecule has 1 aromatic carbocycles. The van der Waals surface area contributed by atoms with Crippen LogP contribution < -0.4 is 10.6 Å². The van der Waals surface area contributed by atoms with Gasteiger partial charge in [-0.05, 0) is 30.4 Å². The molecule has 2 fully saturated rings. The molecule has 1 heterocycles. The van der Waals surface area contributed by atoms with E-state index in [1.807, 2.05) is 0 Å². The van der Waals surface area contributed by atoms with E-state index in [0.717, 1.165) is 18.7 Å². The molecule has 6 heteroatoms. The van der Waals surface area contributed by atoms with Gasteiger partial charge in [-0.2, -0.15) is 0 Å². The molecule has 2 atom stereocenters. The molecule has 1 saturated carbocycles. The maximum Gasteiger partial charge on any atom is 0.270 e. The number of hydrogen-bond acceptors (Lipinski definition) is 4. The number of aryl methyl sites for hydroxylation is 1. The molecule has 0 bridgehead atoms. The Balaban J connectivity index is 1.74. The highest BCUT2D eigenvalue weighted by atomic mass is 16.6. The van der Waals surface area contributed by atoms with Gasteiger partial charge in [0.1, 0.15) is 0 Å². The zero-order chi connectivity index (χ0) is 13.6. The van der Waals surface area contributed by atoms with Crippen molar-refractivity contribution in [3.05, 3.63) is 39.4 Å². The number of nitrogens with one attached hydrogen (secondary N) is 2. The average Bonchev–Trinajstić information content (AvgIpc) is 2.81. The van der Waals surface area contributed by atoms with Crippen LogP contribution in [0.5, 0.6) is 0 Å². The normalized spacial score (nSPS) is 27.7. The summed E-state index contributed by atoms with van der Waals surface area (Å²) in [5.41, 5.74) is 1.05. The number of amides is 1. The Bertz CT molecular complexity index is 548. The standard InChI is InChI=1S/C13H15N3O3/c1-7-2-8(4-9(3-7)16(18)19)13(17)15-12-10-5-14-6-11(10)12/h2-4,10-12,14H,5-6H2,1H3,(H,15,17). The zero-order valence-electron chi connectivity index (χ0n) is 10.6. The quantitative estimate of drug-likeness (QED) is 0.624. The number of carbonyl (C=O) groups is 1. The second-order valence-corrected chi connectivity index (χ2v) is 5.30. The second-order valence-electron chi connectivity index (χ2n) is 5.30. The zero-order valence-corrected chi connectivity index (χ0v) is 10.6. The molecule has 0 aromatic heterocycles. The number of fused-ring (bicyclic) bond motifs is 1. The molecule has 1 aromatic rings. The third-order valence-electron chi connectivity index (χ3n) is 3.92. The van der Waals surface area contributed by atoms with E-state index in [0.29, 0.717) is 17.4 Å². The highest BCUT2D eigenvalue weighted by molar-refractivity contribution is 5.95. The largest absolute Gasteiger partial charge is 0.349 e. The summed E-state index contributed by atoms with van der Waals surface area (Å²) in [4.78, 5) is 22.4. The molecule has 1 saturated heterocycles. The van der Waals surface area contributed by atoms with E-state index in [1.165, 1.54) is 12.1 Å². The van der Waals surface area contributed by atoms with Crippen LogP contribution in [0.15, 0.2) is 18.2 Å². The van der Waals surface area contributed by atoms with Gasteiger partial charge in [-0.15, -0.1) is 0 Å². The molecule has 0 radical (unpaired) electrons. The molecule has 0 spiro atoms. The van der Waals surface area contributed by atoms with Gasteiger partial charge < -0.3 is 10.6 Å². The van der Waals surface area contributed by atoms with Crippen molar-refractivity contribution in [3.63, 3.8) is 0 Å². The highest BCUT2D eigenvalue weighted by Crippen LogP contribution is 2.41. The number of nitrogens with zero attached hydrogens (tertiary/aromatic N) is 1. The van der Waals surface area contributed by atoms with Crippen LogP contribution in [0.2, 0.25) is 0 Å². The van der Waals surface area contributed by atoms with Gasteiger partial charge in [0.05, 0.1) is 4.92 Å². The number of carbonyl (C=O) groups excluding carboxylic acids is 1. The molecular weight excluding hydrogens is 246 g/mol. The molecule has 19 heavy (non-hydrogen) atoms. The minimum Gasteiger partial charge on any atom is -0.349 e. The van der Waals surface area contributed by atoms with Crippen LogP contribution in [0, 0.1) is 28.9 Å². The first-order valence-electron chi connectivity index (χ1n) is 6.34. The average molecular weight is 261 g/mol. The number of nitro groups is 1. The number of benzene rings is 1. The van der Waals surface area contributed by atoms with E-state index >= 15 is 0 Å². The van der Waals surface area contributed by atoms with Crippen LogP contribution in [-0.2, 0) is 0 Å². The van der Waals surface area contributed by atoms with Gasteiger partial charge in [-0.3, -0.25) is 14.9 Å². The molecule has 6 nitrogen and oxygen atoms in total. The third-order valence-corrected chi connectivity index (χ3v) is 3.92. The lowest BCUT2D eigenvalue weighted by Crippen LogP contribution is -2.32. The second kappa shape index (κ2) is 4.31. The van der Waals surface area contributed by atoms with Crippen molar-refractivity contribution in [1.29, 1.82) is 0 Å². The van der Waals surface area contributed by atoms with Gasteiger partial charge in [0.15, 0.2) is 0 Å². The van der Waals surface area contributed by atoms with E-state index in [1.54, 1.807) is 13.0 Å². The summed E-state index contributed by atoms with van der Waals surface area (Å²) in [7, 11) is 0.